The number of rotatable bonds is 7. The monoisotopic (exact) mass is 663 g/mol. The fourth-order valence-electron chi connectivity index (χ4n) is 6.99. The average Bonchev–Trinajstić information content (AvgIpc) is 3.24. The molecule has 0 aliphatic rings. The molecule has 0 atom stereocenters. The van der Waals surface area contributed by atoms with Crippen LogP contribution in [0.4, 0.5) is 0 Å². The van der Waals surface area contributed by atoms with E-state index in [9.17, 15) is 0 Å². The minimum Gasteiger partial charge on any atom is -0.208 e. The molecule has 52 heavy (non-hydrogen) atoms. The van der Waals surface area contributed by atoms with E-state index < -0.39 is 0 Å². The van der Waals surface area contributed by atoms with Gasteiger partial charge in [-0.05, 0) is 67.4 Å². The third-order valence-corrected chi connectivity index (χ3v) is 9.56. The third-order valence-electron chi connectivity index (χ3n) is 9.56. The van der Waals surface area contributed by atoms with Gasteiger partial charge in [0, 0.05) is 16.7 Å². The van der Waals surface area contributed by atoms with E-state index in [2.05, 4.69) is 140 Å². The van der Waals surface area contributed by atoms with Gasteiger partial charge in [0.25, 0.3) is 0 Å². The molecule has 1 heterocycles. The predicted octanol–water partition coefficient (Wildman–Crippen LogP) is 12.7. The number of aromatic nitrogens is 3. The van der Waals surface area contributed by atoms with Gasteiger partial charge in [-0.2, -0.15) is 0 Å². The van der Waals surface area contributed by atoms with Crippen LogP contribution in [0.5, 0.6) is 0 Å². The molecular weight excluding hydrogens is 631 g/mol. The van der Waals surface area contributed by atoms with Crippen LogP contribution >= 0.6 is 0 Å². The summed E-state index contributed by atoms with van der Waals surface area (Å²) < 4.78 is 0. The first-order chi connectivity index (χ1) is 25.8. The lowest BCUT2D eigenvalue weighted by molar-refractivity contribution is 1.07. The summed E-state index contributed by atoms with van der Waals surface area (Å²) in [5.74, 6) is 1.92. The Morgan fingerprint density at radius 3 is 1.19 bits per heavy atom. The van der Waals surface area contributed by atoms with Crippen molar-refractivity contribution in [3.63, 3.8) is 0 Å². The molecule has 1 aromatic heterocycles. The summed E-state index contributed by atoms with van der Waals surface area (Å²) in [5.41, 5.74) is 12.1. The van der Waals surface area contributed by atoms with E-state index in [1.54, 1.807) is 0 Å². The van der Waals surface area contributed by atoms with Crippen LogP contribution in [0.1, 0.15) is 0 Å². The highest BCUT2D eigenvalue weighted by Gasteiger charge is 2.18. The molecule has 244 valence electrons. The van der Waals surface area contributed by atoms with Crippen molar-refractivity contribution in [3.05, 3.63) is 200 Å². The van der Waals surface area contributed by atoms with Crippen molar-refractivity contribution in [1.82, 2.24) is 15.0 Å². The summed E-state index contributed by atoms with van der Waals surface area (Å²) in [5, 5.41) is 2.47. The minimum absolute atomic E-state index is 0.631. The average molecular weight is 664 g/mol. The van der Waals surface area contributed by atoms with Crippen LogP contribution in [0.3, 0.4) is 0 Å². The number of nitrogens with zero attached hydrogens (tertiary/aromatic N) is 3. The first-order valence-corrected chi connectivity index (χ1v) is 17.5. The van der Waals surface area contributed by atoms with Gasteiger partial charge in [0.05, 0.1) is 0 Å². The summed E-state index contributed by atoms with van der Waals surface area (Å²) in [4.78, 5) is 15.0. The first-order valence-electron chi connectivity index (χ1n) is 17.5. The van der Waals surface area contributed by atoms with Crippen molar-refractivity contribution in [1.29, 1.82) is 0 Å². The molecule has 9 aromatic rings. The maximum Gasteiger partial charge on any atom is 0.164 e. The number of benzene rings is 8. The molecule has 3 nitrogen and oxygen atoms in total. The van der Waals surface area contributed by atoms with E-state index in [-0.39, 0.29) is 0 Å². The molecule has 0 N–H and O–H groups in total. The van der Waals surface area contributed by atoms with Gasteiger partial charge < -0.3 is 0 Å². The lowest BCUT2D eigenvalue weighted by Gasteiger charge is -2.18. The van der Waals surface area contributed by atoms with Gasteiger partial charge in [0.15, 0.2) is 17.5 Å². The molecule has 0 radical (unpaired) electrons. The summed E-state index contributed by atoms with van der Waals surface area (Å²) in [6.07, 6.45) is 0. The van der Waals surface area contributed by atoms with E-state index >= 15 is 0 Å². The Kier molecular flexibility index (Phi) is 8.20. The van der Waals surface area contributed by atoms with Crippen LogP contribution < -0.4 is 0 Å². The molecule has 9 rings (SSSR count). The van der Waals surface area contributed by atoms with Crippen LogP contribution in [-0.2, 0) is 0 Å². The van der Waals surface area contributed by atoms with Crippen LogP contribution in [-0.4, -0.2) is 15.0 Å². The summed E-state index contributed by atoms with van der Waals surface area (Å²) >= 11 is 0. The molecule has 0 aliphatic carbocycles. The maximum absolute atomic E-state index is 5.05. The zero-order chi connectivity index (χ0) is 34.7. The SMILES string of the molecule is c1ccc(-c2nc(-c3ccccc3)nc(-c3ccc(-c4ccccc4-c4ccccc4-c4ccc5ccccc5c4)c(-c4ccccc4)c3)n2)cc1. The lowest BCUT2D eigenvalue weighted by atomic mass is 9.86. The second-order valence-electron chi connectivity index (χ2n) is 12.8. The normalized spacial score (nSPS) is 11.1. The maximum atomic E-state index is 5.05. The van der Waals surface area contributed by atoms with Crippen LogP contribution in [0.25, 0.3) is 89.4 Å². The van der Waals surface area contributed by atoms with E-state index in [0.29, 0.717) is 17.5 Å². The van der Waals surface area contributed by atoms with Crippen molar-refractivity contribution in [2.75, 3.05) is 0 Å². The van der Waals surface area contributed by atoms with Crippen molar-refractivity contribution >= 4 is 10.8 Å². The Labute approximate surface area is 303 Å². The molecule has 8 aromatic carbocycles. The summed E-state index contributed by atoms with van der Waals surface area (Å²) in [7, 11) is 0. The highest BCUT2D eigenvalue weighted by molar-refractivity contribution is 5.98. The fraction of sp³-hybridized carbons (Fsp3) is 0. The Bertz CT molecular complexity index is 2610. The lowest BCUT2D eigenvalue weighted by Crippen LogP contribution is -2.00. The zero-order valence-electron chi connectivity index (χ0n) is 28.4. The molecule has 0 fully saturated rings. The number of hydrogen-bond acceptors (Lipinski definition) is 3. The summed E-state index contributed by atoms with van der Waals surface area (Å²) in [6, 6.07) is 70.2. The highest BCUT2D eigenvalue weighted by Crippen LogP contribution is 2.43. The Morgan fingerprint density at radius 1 is 0.212 bits per heavy atom. The van der Waals surface area contributed by atoms with Gasteiger partial charge in [-0.25, -0.2) is 15.0 Å². The molecular formula is C49H33N3. The van der Waals surface area contributed by atoms with E-state index in [0.717, 1.165) is 38.9 Å². The molecule has 0 saturated heterocycles. The van der Waals surface area contributed by atoms with Crippen LogP contribution in [0.2, 0.25) is 0 Å². The molecule has 0 aliphatic heterocycles. The zero-order valence-corrected chi connectivity index (χ0v) is 28.4. The van der Waals surface area contributed by atoms with Gasteiger partial charge >= 0.3 is 0 Å². The third kappa shape index (κ3) is 6.06. The quantitative estimate of drug-likeness (QED) is 0.170. The molecule has 0 bridgehead atoms. The smallest absolute Gasteiger partial charge is 0.164 e. The van der Waals surface area contributed by atoms with Gasteiger partial charge in [0.2, 0.25) is 0 Å². The predicted molar refractivity (Wildman–Crippen MR) is 215 cm³/mol. The second kappa shape index (κ2) is 13.7. The van der Waals surface area contributed by atoms with Crippen LogP contribution in [0, 0.1) is 0 Å². The Hall–Kier alpha value is -6.97. The van der Waals surface area contributed by atoms with E-state index in [1.807, 2.05) is 60.7 Å². The standard InChI is InChI=1S/C49H33N3/c1-4-17-35(18-5-1)46-33-40(49-51-47(36-19-6-2-7-20-36)50-48(52-49)37-21-8-3-9-22-37)30-31-45(46)44-27-15-14-26-43(44)42-25-13-12-24-41(42)39-29-28-34-16-10-11-23-38(34)32-39/h1-33H. The van der Waals surface area contributed by atoms with E-state index in [4.69, 9.17) is 15.0 Å². The van der Waals surface area contributed by atoms with Gasteiger partial charge in [0.1, 0.15) is 0 Å². The second-order valence-corrected chi connectivity index (χ2v) is 12.8. The topological polar surface area (TPSA) is 38.7 Å². The summed E-state index contributed by atoms with van der Waals surface area (Å²) in [6.45, 7) is 0. The molecule has 3 heteroatoms. The molecule has 0 unspecified atom stereocenters. The largest absolute Gasteiger partial charge is 0.208 e. The highest BCUT2D eigenvalue weighted by atomic mass is 15.0. The first kappa shape index (κ1) is 31.0. The van der Waals surface area contributed by atoms with Gasteiger partial charge in [-0.3, -0.25) is 0 Å². The minimum atomic E-state index is 0.631. The van der Waals surface area contributed by atoms with Gasteiger partial charge in [-0.1, -0.05) is 188 Å². The number of fused-ring (bicyclic) bond motifs is 1. The van der Waals surface area contributed by atoms with Crippen molar-refractivity contribution < 1.29 is 0 Å². The molecule has 0 amide bonds. The Balaban J connectivity index is 1.22. The van der Waals surface area contributed by atoms with Crippen molar-refractivity contribution in [2.45, 2.75) is 0 Å². The van der Waals surface area contributed by atoms with Crippen molar-refractivity contribution in [3.8, 4) is 78.7 Å². The Morgan fingerprint density at radius 2 is 0.615 bits per heavy atom. The van der Waals surface area contributed by atoms with E-state index in [1.165, 1.54) is 33.0 Å². The molecule has 0 saturated carbocycles. The fourth-order valence-corrected chi connectivity index (χ4v) is 6.99. The van der Waals surface area contributed by atoms with Gasteiger partial charge in [-0.15, -0.1) is 0 Å². The van der Waals surface area contributed by atoms with Crippen LogP contribution in [0.15, 0.2) is 200 Å². The van der Waals surface area contributed by atoms with Crippen molar-refractivity contribution in [2.24, 2.45) is 0 Å². The molecule has 0 spiro atoms. The number of hydrogen-bond donors (Lipinski definition) is 0.